The van der Waals surface area contributed by atoms with Gasteiger partial charge in [0.2, 0.25) is 5.95 Å². The number of nitrogens with zero attached hydrogens (tertiary/aromatic N) is 3. The Balaban J connectivity index is 2.59. The van der Waals surface area contributed by atoms with Crippen molar-refractivity contribution >= 4 is 17.6 Å². The molecule has 1 heterocycles. The Hall–Kier alpha value is -2.63. The van der Waals surface area contributed by atoms with Crippen molar-refractivity contribution in [3.63, 3.8) is 0 Å². The molecule has 0 bridgehead atoms. The molecule has 0 aliphatic heterocycles. The molecule has 6 nitrogen and oxygen atoms in total. The van der Waals surface area contributed by atoms with Crippen molar-refractivity contribution < 1.29 is 14.6 Å². The summed E-state index contributed by atoms with van der Waals surface area (Å²) in [7, 11) is 1.88. The number of aromatic carboxylic acids is 1. The van der Waals surface area contributed by atoms with Gasteiger partial charge in [0.25, 0.3) is 0 Å². The summed E-state index contributed by atoms with van der Waals surface area (Å²) in [6.07, 6.45) is 5.91. The minimum atomic E-state index is -1.04. The van der Waals surface area contributed by atoms with Crippen LogP contribution in [-0.4, -0.2) is 34.7 Å². The molecule has 170 valence electrons. The molecule has 6 heteroatoms. The molecule has 0 aliphatic rings. The van der Waals surface area contributed by atoms with E-state index in [-0.39, 0.29) is 16.4 Å². The van der Waals surface area contributed by atoms with Crippen molar-refractivity contribution in [3.8, 4) is 5.75 Å². The molecule has 0 unspecified atom stereocenters. The van der Waals surface area contributed by atoms with E-state index in [0.717, 1.165) is 30.7 Å². The number of carbonyl (C=O) groups is 1. The summed E-state index contributed by atoms with van der Waals surface area (Å²) in [5.41, 5.74) is 3.33. The van der Waals surface area contributed by atoms with Crippen LogP contribution in [0.1, 0.15) is 89.2 Å². The van der Waals surface area contributed by atoms with E-state index in [4.69, 9.17) is 9.84 Å². The third kappa shape index (κ3) is 6.18. The summed E-state index contributed by atoms with van der Waals surface area (Å²) in [6.45, 7) is 16.1. The highest BCUT2D eigenvalue weighted by molar-refractivity contribution is 5.86. The van der Waals surface area contributed by atoms with Crippen molar-refractivity contribution in [1.82, 2.24) is 9.97 Å². The maximum Gasteiger partial charge on any atom is 0.338 e. The minimum Gasteiger partial charge on any atom is -0.491 e. The quantitative estimate of drug-likeness (QED) is 0.513. The van der Waals surface area contributed by atoms with Gasteiger partial charge in [-0.05, 0) is 40.5 Å². The summed E-state index contributed by atoms with van der Waals surface area (Å²) in [6, 6.07) is 4.33. The maximum atomic E-state index is 11.2. The number of rotatable bonds is 8. The number of carboxylic acids is 1. The van der Waals surface area contributed by atoms with Crippen molar-refractivity contribution in [2.24, 2.45) is 0 Å². The Kier molecular flexibility index (Phi) is 7.68. The minimum absolute atomic E-state index is 0.0408. The van der Waals surface area contributed by atoms with Crippen LogP contribution >= 0.6 is 0 Å². The largest absolute Gasteiger partial charge is 0.491 e. The number of aromatic nitrogens is 2. The molecule has 31 heavy (non-hydrogen) atoms. The number of unbranched alkanes of at least 4 members (excludes halogenated alkanes) is 2. The molecular weight excluding hydrogens is 390 g/mol. The van der Waals surface area contributed by atoms with Crippen LogP contribution < -0.4 is 9.64 Å². The van der Waals surface area contributed by atoms with Gasteiger partial charge in [0.05, 0.1) is 17.9 Å². The average molecular weight is 428 g/mol. The lowest BCUT2D eigenvalue weighted by atomic mass is 9.75. The first-order chi connectivity index (χ1) is 14.4. The Morgan fingerprint density at radius 1 is 1.00 bits per heavy atom. The fraction of sp³-hybridized carbons (Fsp3) is 0.560. The molecule has 0 spiro atoms. The predicted molar refractivity (Wildman–Crippen MR) is 126 cm³/mol. The fourth-order valence-electron chi connectivity index (χ4n) is 3.43. The molecule has 1 N–H and O–H groups in total. The monoisotopic (exact) mass is 427 g/mol. The molecule has 0 radical (unpaired) electrons. The third-order valence-corrected chi connectivity index (χ3v) is 5.27. The van der Waals surface area contributed by atoms with Crippen LogP contribution in [0.2, 0.25) is 0 Å². The Morgan fingerprint density at radius 3 is 2.03 bits per heavy atom. The lowest BCUT2D eigenvalue weighted by Crippen LogP contribution is -2.24. The summed E-state index contributed by atoms with van der Waals surface area (Å²) in [4.78, 5) is 21.6. The van der Waals surface area contributed by atoms with E-state index in [2.05, 4.69) is 70.6 Å². The summed E-state index contributed by atoms with van der Waals surface area (Å²) in [5.74, 6) is 0.174. The van der Waals surface area contributed by atoms with Crippen LogP contribution in [0, 0.1) is 0 Å². The van der Waals surface area contributed by atoms with Crippen LogP contribution in [0.15, 0.2) is 24.5 Å². The molecule has 0 amide bonds. The molecule has 1 aromatic carbocycles. The fourth-order valence-corrected chi connectivity index (χ4v) is 3.43. The van der Waals surface area contributed by atoms with E-state index in [1.165, 1.54) is 23.5 Å². The van der Waals surface area contributed by atoms with Crippen LogP contribution in [-0.2, 0) is 10.8 Å². The zero-order chi connectivity index (χ0) is 23.4. The van der Waals surface area contributed by atoms with Gasteiger partial charge in [0.1, 0.15) is 5.75 Å². The highest BCUT2D eigenvalue weighted by Gasteiger charge is 2.28. The third-order valence-electron chi connectivity index (χ3n) is 5.27. The normalized spacial score (nSPS) is 12.0. The Labute approximate surface area is 186 Å². The van der Waals surface area contributed by atoms with Gasteiger partial charge >= 0.3 is 5.97 Å². The van der Waals surface area contributed by atoms with E-state index in [1.54, 1.807) is 0 Å². The number of hydrogen-bond donors (Lipinski definition) is 1. The molecule has 0 saturated carbocycles. The smallest absolute Gasteiger partial charge is 0.338 e. The van der Waals surface area contributed by atoms with Gasteiger partial charge in [0.15, 0.2) is 0 Å². The molecule has 1 aromatic heterocycles. The second-order valence-corrected chi connectivity index (χ2v) is 10.1. The molecule has 0 atom stereocenters. The molecule has 0 fully saturated rings. The van der Waals surface area contributed by atoms with Crippen LogP contribution in [0.5, 0.6) is 5.75 Å². The SMILES string of the molecule is CCCCCOc1cc(C(C)(C)C)c(C(C)(C)C)cc1N(C)c1ncc(C(=O)O)cn1. The Bertz CT molecular complexity index is 894. The summed E-state index contributed by atoms with van der Waals surface area (Å²) >= 11 is 0. The maximum absolute atomic E-state index is 11.2. The van der Waals surface area contributed by atoms with Crippen molar-refractivity contribution in [2.45, 2.75) is 78.6 Å². The van der Waals surface area contributed by atoms with E-state index >= 15 is 0 Å². The number of anilines is 2. The second-order valence-electron chi connectivity index (χ2n) is 10.1. The standard InChI is InChI=1S/C25H37N3O3/c1-9-10-11-12-31-21-14-19(25(5,6)7)18(24(2,3)4)13-20(21)28(8)23-26-15-17(16-27-23)22(29)30/h13-16H,9-12H2,1-8H3,(H,29,30). The summed E-state index contributed by atoms with van der Waals surface area (Å²) < 4.78 is 6.26. The number of benzene rings is 1. The van der Waals surface area contributed by atoms with Gasteiger partial charge in [-0.15, -0.1) is 0 Å². The van der Waals surface area contributed by atoms with E-state index in [0.29, 0.717) is 12.6 Å². The highest BCUT2D eigenvalue weighted by Crippen LogP contribution is 2.42. The van der Waals surface area contributed by atoms with E-state index in [1.807, 2.05) is 11.9 Å². The number of ether oxygens (including phenoxy) is 1. The van der Waals surface area contributed by atoms with Gasteiger partial charge in [-0.25, -0.2) is 14.8 Å². The summed E-state index contributed by atoms with van der Waals surface area (Å²) in [5, 5.41) is 9.14. The first-order valence-electron chi connectivity index (χ1n) is 11.0. The lowest BCUT2D eigenvalue weighted by molar-refractivity contribution is 0.0696. The first kappa shape index (κ1) is 24.6. The topological polar surface area (TPSA) is 75.5 Å². The molecule has 2 aromatic rings. The molecule has 0 aliphatic carbocycles. The lowest BCUT2D eigenvalue weighted by Gasteiger charge is -2.33. The van der Waals surface area contributed by atoms with Crippen LogP contribution in [0.3, 0.4) is 0 Å². The number of hydrogen-bond acceptors (Lipinski definition) is 5. The Morgan fingerprint density at radius 2 is 1.55 bits per heavy atom. The zero-order valence-corrected chi connectivity index (χ0v) is 20.2. The predicted octanol–water partition coefficient (Wildman–Crippen LogP) is 6.11. The van der Waals surface area contributed by atoms with Crippen LogP contribution in [0.4, 0.5) is 11.6 Å². The first-order valence-corrected chi connectivity index (χ1v) is 11.0. The van der Waals surface area contributed by atoms with Gasteiger partial charge in [0, 0.05) is 19.4 Å². The van der Waals surface area contributed by atoms with E-state index < -0.39 is 5.97 Å². The molecule has 2 rings (SSSR count). The van der Waals surface area contributed by atoms with Crippen LogP contribution in [0.25, 0.3) is 0 Å². The van der Waals surface area contributed by atoms with Gasteiger partial charge in [-0.3, -0.25) is 0 Å². The van der Waals surface area contributed by atoms with Crippen molar-refractivity contribution in [3.05, 3.63) is 41.2 Å². The second kappa shape index (κ2) is 9.67. The van der Waals surface area contributed by atoms with Crippen molar-refractivity contribution in [1.29, 1.82) is 0 Å². The van der Waals surface area contributed by atoms with E-state index in [9.17, 15) is 4.79 Å². The van der Waals surface area contributed by atoms with Gasteiger partial charge < -0.3 is 14.7 Å². The highest BCUT2D eigenvalue weighted by atomic mass is 16.5. The van der Waals surface area contributed by atoms with Gasteiger partial charge in [-0.2, -0.15) is 0 Å². The van der Waals surface area contributed by atoms with Crippen molar-refractivity contribution in [2.75, 3.05) is 18.6 Å². The average Bonchev–Trinajstić information content (AvgIpc) is 2.68. The van der Waals surface area contributed by atoms with Gasteiger partial charge in [-0.1, -0.05) is 61.3 Å². The zero-order valence-electron chi connectivity index (χ0n) is 20.2. The molecular formula is C25H37N3O3. The number of carboxylic acid groups (broad SMARTS) is 1. The molecule has 0 saturated heterocycles.